The van der Waals surface area contributed by atoms with Crippen LogP contribution in [0.5, 0.6) is 0 Å². The average molecular weight is 1040 g/mol. The maximum Gasteiger partial charge on any atom is 0.188 e. The first-order valence-corrected chi connectivity index (χ1v) is 22.0. The summed E-state index contributed by atoms with van der Waals surface area (Å²) in [7, 11) is 0. The zero-order valence-corrected chi connectivity index (χ0v) is 38.3. The quantitative estimate of drug-likeness (QED) is 0.135. The molecule has 0 amide bonds. The molecule has 0 aliphatic heterocycles. The van der Waals surface area contributed by atoms with Crippen LogP contribution in [0.3, 0.4) is 0 Å². The summed E-state index contributed by atoms with van der Waals surface area (Å²) in [6.07, 6.45) is 3.55. The molecule has 0 aliphatic carbocycles. The van der Waals surface area contributed by atoms with Crippen LogP contribution in [0.2, 0.25) is 0 Å². The molecule has 3 aromatic heterocycles. The number of hydrogen-bond donors (Lipinski definition) is 0. The van der Waals surface area contributed by atoms with Crippen molar-refractivity contribution in [1.29, 1.82) is 0 Å². The summed E-state index contributed by atoms with van der Waals surface area (Å²) < 4.78 is 30.7. The van der Waals surface area contributed by atoms with E-state index in [1.165, 1.54) is 4.57 Å². The largest absolute Gasteiger partial charge is 0.357 e. The Hall–Kier alpha value is -8.11. The van der Waals surface area contributed by atoms with Gasteiger partial charge < -0.3 is 9.47 Å². The number of nitrogens with zero attached hydrogens (tertiary/aromatic N) is 5. The molecule has 9 aromatic carbocycles. The molecule has 0 bridgehead atoms. The predicted octanol–water partition coefficient (Wildman–Crippen LogP) is 15.5. The molecule has 5 nitrogen and oxygen atoms in total. The van der Waals surface area contributed by atoms with Gasteiger partial charge in [-0.25, -0.2) is 14.1 Å². The van der Waals surface area contributed by atoms with Crippen LogP contribution in [-0.4, -0.2) is 18.7 Å². The molecule has 0 fully saturated rings. The van der Waals surface area contributed by atoms with E-state index in [0.29, 0.717) is 11.2 Å². The molecule has 6 heteroatoms. The number of aromatic nitrogens is 4. The van der Waals surface area contributed by atoms with Gasteiger partial charge in [0, 0.05) is 72.8 Å². The molecule has 0 radical (unpaired) electrons. The van der Waals surface area contributed by atoms with Gasteiger partial charge in [0.15, 0.2) is 17.4 Å². The van der Waals surface area contributed by atoms with Gasteiger partial charge >= 0.3 is 0 Å². The van der Waals surface area contributed by atoms with Crippen LogP contribution < -0.4 is 4.90 Å². The molecule has 0 saturated heterocycles. The van der Waals surface area contributed by atoms with E-state index in [1.807, 2.05) is 65.4 Å². The van der Waals surface area contributed by atoms with Crippen LogP contribution in [0.4, 0.5) is 17.1 Å². The molecule has 322 valence electrons. The Morgan fingerprint density at radius 2 is 1.03 bits per heavy atom. The van der Waals surface area contributed by atoms with Crippen molar-refractivity contribution in [2.45, 2.75) is 0 Å². The van der Waals surface area contributed by atoms with Gasteiger partial charge in [-0.2, -0.15) is 12.1 Å². The van der Waals surface area contributed by atoms with Gasteiger partial charge in [0.25, 0.3) is 0 Å². The predicted molar refractivity (Wildman–Crippen MR) is 273 cm³/mol. The summed E-state index contributed by atoms with van der Waals surface area (Å²) in [5.74, 6) is 0.770. The third kappa shape index (κ3) is 7.44. The van der Waals surface area contributed by atoms with Gasteiger partial charge in [-0.15, -0.1) is 29.7 Å². The Bertz CT molecular complexity index is 3790. The van der Waals surface area contributed by atoms with Crippen molar-refractivity contribution in [2.75, 3.05) is 4.90 Å². The summed E-state index contributed by atoms with van der Waals surface area (Å²) in [4.78, 5) is 7.33. The molecule has 12 aromatic rings. The minimum Gasteiger partial charge on any atom is -0.357 e. The number of pyridine rings is 1. The van der Waals surface area contributed by atoms with Crippen LogP contribution in [0.15, 0.2) is 237 Å². The number of fused-ring (bicyclic) bond motifs is 4. The Balaban J connectivity index is 0.00000533. The monoisotopic (exact) mass is 1040 g/mol. The van der Waals surface area contributed by atoms with Crippen molar-refractivity contribution in [1.82, 2.24) is 18.7 Å². The average Bonchev–Trinajstić information content (AvgIpc) is 3.97. The Morgan fingerprint density at radius 1 is 0.478 bits per heavy atom. The van der Waals surface area contributed by atoms with Crippen LogP contribution in [0, 0.1) is 12.1 Å². The number of hydrogen-bond acceptors (Lipinski definition) is 2. The summed E-state index contributed by atoms with van der Waals surface area (Å²) in [6, 6.07) is 84.8. The van der Waals surface area contributed by atoms with Gasteiger partial charge in [-0.3, -0.25) is 0 Å². The van der Waals surface area contributed by atoms with E-state index < -0.39 is 6.98 Å². The zero-order chi connectivity index (χ0) is 46.5. The minimum atomic E-state index is -2.39. The SMILES string of the molecule is [2H]C([2H])([2H])n1[cH+]n(-c2[c-]c(N(c3[c-]c4c(cc3)c3ccccc3n4-c3cc(-c4ccccc4-c4ccccc4)ccn3)c3c(-c4ccccc4)cccc3-c3ccccc3)ccc2)c2ccccc21.[Pt]. The third-order valence-corrected chi connectivity index (χ3v) is 12.4. The molecule has 0 atom stereocenters. The first-order valence-electron chi connectivity index (χ1n) is 23.5. The molecule has 67 heavy (non-hydrogen) atoms. The first-order chi connectivity index (χ1) is 33.9. The van der Waals surface area contributed by atoms with E-state index in [9.17, 15) is 0 Å². The fourth-order valence-corrected chi connectivity index (χ4v) is 9.44. The normalized spacial score (nSPS) is 12.1. The standard InChI is InChI=1S/C61H42N5.Pt/c1-63-42-64(58-34-16-15-33-57(58)63)47-25-17-26-48(40-47)65(61-52(44-21-7-3-8-22-44)30-18-31-53(61)45-23-9-4-10-24-45)49-35-36-55-54-29-13-14-32-56(54)66(59(55)41-49)60-39-46(37-38-62-60)51-28-12-11-27-50(51)43-19-5-2-6-20-43;/h2-39,42H,1H3;/q-1;/i1D3;. The van der Waals surface area contributed by atoms with Gasteiger partial charge in [0.1, 0.15) is 5.82 Å². The minimum absolute atomic E-state index is 0. The summed E-state index contributed by atoms with van der Waals surface area (Å²) in [5, 5.41) is 2.13. The number of benzene rings is 9. The van der Waals surface area contributed by atoms with E-state index in [1.54, 1.807) is 6.33 Å². The van der Waals surface area contributed by atoms with Gasteiger partial charge in [0.2, 0.25) is 0 Å². The number of anilines is 3. The van der Waals surface area contributed by atoms with Crippen LogP contribution in [-0.2, 0) is 28.0 Å². The molecule has 0 saturated carbocycles. The molecule has 12 rings (SSSR count). The molecule has 0 spiro atoms. The molecule has 0 N–H and O–H groups in total. The van der Waals surface area contributed by atoms with Crippen molar-refractivity contribution in [3.63, 3.8) is 0 Å². The fraction of sp³-hybridized carbons (Fsp3) is 0.0164. The second-order valence-electron chi connectivity index (χ2n) is 16.3. The first kappa shape index (κ1) is 38.2. The maximum absolute atomic E-state index is 8.42. The smallest absolute Gasteiger partial charge is 0.188 e. The Kier molecular flexibility index (Phi) is 10.1. The molecule has 0 aliphatic rings. The van der Waals surface area contributed by atoms with E-state index in [-0.39, 0.29) is 21.1 Å². The second kappa shape index (κ2) is 17.7. The molecule has 0 unspecified atom stereocenters. The summed E-state index contributed by atoms with van der Waals surface area (Å²) >= 11 is 0. The van der Waals surface area contributed by atoms with E-state index in [2.05, 4.69) is 191 Å². The zero-order valence-electron chi connectivity index (χ0n) is 39.1. The van der Waals surface area contributed by atoms with E-state index >= 15 is 0 Å². The van der Waals surface area contributed by atoms with E-state index in [0.717, 1.165) is 94.7 Å². The summed E-state index contributed by atoms with van der Waals surface area (Å²) in [5.41, 5.74) is 15.0. The van der Waals surface area contributed by atoms with Crippen LogP contribution in [0.25, 0.3) is 88.9 Å². The molecular weight excluding hydrogens is 998 g/mol. The molecular formula is C61H42N5Pt-. The maximum atomic E-state index is 8.42. The Labute approximate surface area is 408 Å². The van der Waals surface area contributed by atoms with Crippen molar-refractivity contribution >= 4 is 49.9 Å². The van der Waals surface area contributed by atoms with Crippen molar-refractivity contribution < 1.29 is 25.2 Å². The second-order valence-corrected chi connectivity index (χ2v) is 16.3. The third-order valence-electron chi connectivity index (χ3n) is 12.4. The van der Waals surface area contributed by atoms with Gasteiger partial charge in [-0.05, 0) is 69.1 Å². The van der Waals surface area contributed by atoms with Crippen molar-refractivity contribution in [2.24, 2.45) is 6.98 Å². The fourth-order valence-electron chi connectivity index (χ4n) is 9.44. The Morgan fingerprint density at radius 3 is 1.72 bits per heavy atom. The van der Waals surface area contributed by atoms with Crippen molar-refractivity contribution in [3.8, 4) is 56.0 Å². The topological polar surface area (TPSA) is 30.9 Å². The number of rotatable bonds is 9. The van der Waals surface area contributed by atoms with Crippen LogP contribution in [0.1, 0.15) is 4.11 Å². The van der Waals surface area contributed by atoms with Gasteiger partial charge in [0.05, 0.1) is 5.69 Å². The van der Waals surface area contributed by atoms with Crippen molar-refractivity contribution in [3.05, 3.63) is 249 Å². The summed E-state index contributed by atoms with van der Waals surface area (Å²) in [6.45, 7) is -2.39. The number of para-hydroxylation sites is 4. The van der Waals surface area contributed by atoms with E-state index in [4.69, 9.17) is 9.10 Å². The van der Waals surface area contributed by atoms with Gasteiger partial charge in [-0.1, -0.05) is 175 Å². The van der Waals surface area contributed by atoms with Crippen LogP contribution >= 0.6 is 0 Å². The number of imidazole rings is 1. The molecule has 3 heterocycles. The number of aryl methyl sites for hydroxylation is 1.